The predicted octanol–water partition coefficient (Wildman–Crippen LogP) is 4.05. The lowest BCUT2D eigenvalue weighted by molar-refractivity contribution is -0.122. The number of hydrogen-bond acceptors (Lipinski definition) is 4. The van der Waals surface area contributed by atoms with Gasteiger partial charge in [-0.25, -0.2) is 0 Å². The van der Waals surface area contributed by atoms with Gasteiger partial charge in [0.2, 0.25) is 5.91 Å². The zero-order valence-corrected chi connectivity index (χ0v) is 19.3. The van der Waals surface area contributed by atoms with Crippen LogP contribution in [-0.4, -0.2) is 27.9 Å². The third-order valence-corrected chi connectivity index (χ3v) is 5.55. The molecule has 0 bridgehead atoms. The lowest BCUT2D eigenvalue weighted by atomic mass is 10.0. The van der Waals surface area contributed by atoms with Crippen LogP contribution in [0.25, 0.3) is 11.3 Å². The first-order chi connectivity index (χ1) is 17.0. The monoisotopic (exact) mass is 487 g/mol. The molecule has 0 spiro atoms. The molecule has 0 aliphatic carbocycles. The molecule has 1 heterocycles. The largest absolute Gasteiger partial charge is 0.345 e. The Hall–Kier alpha value is -4.43. The molecule has 1 aromatic heterocycles. The molecular formula is C26H22ClN5O3. The predicted molar refractivity (Wildman–Crippen MR) is 132 cm³/mol. The fourth-order valence-corrected chi connectivity index (χ4v) is 3.67. The molecule has 9 heteroatoms. The van der Waals surface area contributed by atoms with Gasteiger partial charge in [-0.15, -0.1) is 0 Å². The van der Waals surface area contributed by atoms with Gasteiger partial charge in [0.15, 0.2) is 0 Å². The molecule has 4 N–H and O–H groups in total. The Bertz CT molecular complexity index is 1330. The third-order valence-electron chi connectivity index (χ3n) is 5.22. The SMILES string of the molecule is O=C(CC(NC(=O)c1ccccc1Cl)c1ccccc1)NNC(=O)c1cc(-c2ccccc2)n[nH]1. The first-order valence-electron chi connectivity index (χ1n) is 10.8. The molecule has 3 amide bonds. The molecule has 4 aromatic rings. The van der Waals surface area contributed by atoms with E-state index < -0.39 is 23.8 Å². The van der Waals surface area contributed by atoms with Gasteiger partial charge in [-0.2, -0.15) is 5.10 Å². The topological polar surface area (TPSA) is 116 Å². The zero-order valence-electron chi connectivity index (χ0n) is 18.5. The van der Waals surface area contributed by atoms with Crippen LogP contribution in [0.5, 0.6) is 0 Å². The van der Waals surface area contributed by atoms with Crippen molar-refractivity contribution >= 4 is 29.3 Å². The highest BCUT2D eigenvalue weighted by Crippen LogP contribution is 2.20. The summed E-state index contributed by atoms with van der Waals surface area (Å²) >= 11 is 6.14. The summed E-state index contributed by atoms with van der Waals surface area (Å²) < 4.78 is 0. The van der Waals surface area contributed by atoms with E-state index >= 15 is 0 Å². The van der Waals surface area contributed by atoms with Gasteiger partial charge in [0.1, 0.15) is 5.69 Å². The van der Waals surface area contributed by atoms with E-state index in [1.165, 1.54) is 0 Å². The smallest absolute Gasteiger partial charge is 0.287 e. The van der Waals surface area contributed by atoms with Gasteiger partial charge in [-0.05, 0) is 23.8 Å². The van der Waals surface area contributed by atoms with Gasteiger partial charge in [0.05, 0.1) is 28.7 Å². The number of amides is 3. The molecule has 0 saturated heterocycles. The molecule has 0 radical (unpaired) electrons. The average molecular weight is 488 g/mol. The summed E-state index contributed by atoms with van der Waals surface area (Å²) in [5.74, 6) is -1.45. The van der Waals surface area contributed by atoms with Crippen molar-refractivity contribution < 1.29 is 14.4 Å². The molecule has 0 fully saturated rings. The lowest BCUT2D eigenvalue weighted by Gasteiger charge is -2.19. The molecular weight excluding hydrogens is 466 g/mol. The second kappa shape index (κ2) is 11.1. The van der Waals surface area contributed by atoms with Crippen molar-refractivity contribution in [1.82, 2.24) is 26.4 Å². The molecule has 0 aliphatic rings. The summed E-state index contributed by atoms with van der Waals surface area (Å²) in [5.41, 5.74) is 7.45. The lowest BCUT2D eigenvalue weighted by Crippen LogP contribution is -2.43. The van der Waals surface area contributed by atoms with E-state index in [1.807, 2.05) is 48.5 Å². The second-order valence-electron chi connectivity index (χ2n) is 7.66. The molecule has 0 aliphatic heterocycles. The number of H-pyrrole nitrogens is 1. The van der Waals surface area contributed by atoms with Crippen molar-refractivity contribution in [3.63, 3.8) is 0 Å². The number of benzene rings is 3. The van der Waals surface area contributed by atoms with Gasteiger partial charge >= 0.3 is 0 Å². The maximum atomic E-state index is 12.8. The number of rotatable bonds is 7. The molecule has 3 aromatic carbocycles. The van der Waals surface area contributed by atoms with Crippen LogP contribution in [0, 0.1) is 0 Å². The highest BCUT2D eigenvalue weighted by Gasteiger charge is 2.21. The summed E-state index contributed by atoms with van der Waals surface area (Å²) in [6.45, 7) is 0. The normalized spacial score (nSPS) is 11.3. The maximum Gasteiger partial charge on any atom is 0.287 e. The maximum absolute atomic E-state index is 12.8. The number of carbonyl (C=O) groups is 3. The molecule has 0 saturated carbocycles. The van der Waals surface area contributed by atoms with E-state index in [4.69, 9.17) is 11.6 Å². The van der Waals surface area contributed by atoms with Crippen LogP contribution in [0.1, 0.15) is 38.9 Å². The quantitative estimate of drug-likeness (QED) is 0.294. The van der Waals surface area contributed by atoms with Crippen LogP contribution in [0.4, 0.5) is 0 Å². The fourth-order valence-electron chi connectivity index (χ4n) is 3.44. The van der Waals surface area contributed by atoms with Gasteiger partial charge in [-0.3, -0.25) is 30.3 Å². The first-order valence-corrected chi connectivity index (χ1v) is 11.2. The van der Waals surface area contributed by atoms with Gasteiger partial charge < -0.3 is 5.32 Å². The summed E-state index contributed by atoms with van der Waals surface area (Å²) in [6.07, 6.45) is -0.112. The summed E-state index contributed by atoms with van der Waals surface area (Å²) in [6, 6.07) is 26.1. The second-order valence-corrected chi connectivity index (χ2v) is 8.06. The van der Waals surface area contributed by atoms with E-state index in [1.54, 1.807) is 42.5 Å². The van der Waals surface area contributed by atoms with E-state index in [9.17, 15) is 14.4 Å². The molecule has 1 unspecified atom stereocenters. The van der Waals surface area contributed by atoms with Gasteiger partial charge in [0, 0.05) is 5.56 Å². The van der Waals surface area contributed by atoms with Gasteiger partial charge in [0.25, 0.3) is 11.8 Å². The first kappa shape index (κ1) is 23.7. The fraction of sp³-hybridized carbons (Fsp3) is 0.0769. The van der Waals surface area contributed by atoms with E-state index in [0.717, 1.165) is 11.1 Å². The number of hydrogen-bond donors (Lipinski definition) is 4. The zero-order chi connectivity index (χ0) is 24.6. The van der Waals surface area contributed by atoms with Crippen molar-refractivity contribution in [3.8, 4) is 11.3 Å². The van der Waals surface area contributed by atoms with Crippen molar-refractivity contribution in [2.75, 3.05) is 0 Å². The molecule has 8 nitrogen and oxygen atoms in total. The Morgan fingerprint density at radius 1 is 0.829 bits per heavy atom. The van der Waals surface area contributed by atoms with Crippen molar-refractivity contribution in [2.45, 2.75) is 12.5 Å². The molecule has 1 atom stereocenters. The molecule has 176 valence electrons. The minimum absolute atomic E-state index is 0.112. The van der Waals surface area contributed by atoms with E-state index in [2.05, 4.69) is 26.4 Å². The standard InChI is InChI=1S/C26H22ClN5O3/c27-20-14-8-7-13-19(20)25(34)28-21(17-9-3-1-4-10-17)16-24(33)31-32-26(35)23-15-22(29-30-23)18-11-5-2-6-12-18/h1-15,21H,16H2,(H,28,34)(H,29,30)(H,31,33)(H,32,35). The number of nitrogens with one attached hydrogen (secondary N) is 4. The Morgan fingerprint density at radius 3 is 2.20 bits per heavy atom. The average Bonchev–Trinajstić information content (AvgIpc) is 3.39. The van der Waals surface area contributed by atoms with E-state index in [0.29, 0.717) is 16.3 Å². The Labute approximate surface area is 206 Å². The van der Waals surface area contributed by atoms with Crippen LogP contribution in [-0.2, 0) is 4.79 Å². The number of aromatic amines is 1. The third kappa shape index (κ3) is 6.13. The van der Waals surface area contributed by atoms with Crippen LogP contribution in [0.15, 0.2) is 91.0 Å². The minimum atomic E-state index is -0.645. The summed E-state index contributed by atoms with van der Waals surface area (Å²) in [4.78, 5) is 37.9. The Morgan fingerprint density at radius 2 is 1.49 bits per heavy atom. The number of halogens is 1. The van der Waals surface area contributed by atoms with Crippen molar-refractivity contribution in [1.29, 1.82) is 0 Å². The van der Waals surface area contributed by atoms with Crippen LogP contribution >= 0.6 is 11.6 Å². The number of nitrogens with zero attached hydrogens (tertiary/aromatic N) is 1. The number of aromatic nitrogens is 2. The Balaban J connectivity index is 1.39. The number of carbonyl (C=O) groups excluding carboxylic acids is 3. The van der Waals surface area contributed by atoms with Crippen molar-refractivity contribution in [2.24, 2.45) is 0 Å². The highest BCUT2D eigenvalue weighted by atomic mass is 35.5. The van der Waals surface area contributed by atoms with Crippen LogP contribution in [0.2, 0.25) is 5.02 Å². The molecule has 35 heavy (non-hydrogen) atoms. The number of hydrazine groups is 1. The summed E-state index contributed by atoms with van der Waals surface area (Å²) in [7, 11) is 0. The highest BCUT2D eigenvalue weighted by molar-refractivity contribution is 6.33. The Kier molecular flexibility index (Phi) is 7.54. The van der Waals surface area contributed by atoms with Crippen LogP contribution in [0.3, 0.4) is 0 Å². The summed E-state index contributed by atoms with van der Waals surface area (Å²) in [5, 5.41) is 9.95. The van der Waals surface area contributed by atoms with Crippen LogP contribution < -0.4 is 16.2 Å². The molecule has 4 rings (SSSR count). The van der Waals surface area contributed by atoms with Gasteiger partial charge in [-0.1, -0.05) is 84.4 Å². The van der Waals surface area contributed by atoms with E-state index in [-0.39, 0.29) is 12.1 Å². The van der Waals surface area contributed by atoms with Crippen molar-refractivity contribution in [3.05, 3.63) is 113 Å². The minimum Gasteiger partial charge on any atom is -0.345 e.